The van der Waals surface area contributed by atoms with E-state index in [0.717, 1.165) is 50.0 Å². The van der Waals surface area contributed by atoms with Crippen LogP contribution in [0.4, 0.5) is 0 Å². The van der Waals surface area contributed by atoms with Gasteiger partial charge in [-0.15, -0.1) is 11.8 Å². The largest absolute Gasteiger partial charge is 0.497 e. The number of nitrogens with zero attached hydrogens (tertiary/aromatic N) is 2. The maximum atomic E-state index is 12.6. The standard InChI is InChI=1S/C22H34N2O2S/c1-26-20-8-10-21(11-9-20)27-17-12-22(25)24-14-5-13-23(15-16-24)18-19-6-3-2-4-7-19/h8-11,19H,2-7,12-18H2,1H3. The maximum Gasteiger partial charge on any atom is 0.223 e. The van der Waals surface area contributed by atoms with Crippen LogP contribution in [0.3, 0.4) is 0 Å². The molecule has 4 nitrogen and oxygen atoms in total. The molecule has 1 aliphatic heterocycles. The Bertz CT molecular complexity index is 572. The van der Waals surface area contributed by atoms with Gasteiger partial charge in [-0.2, -0.15) is 0 Å². The zero-order valence-corrected chi connectivity index (χ0v) is 17.5. The van der Waals surface area contributed by atoms with Gasteiger partial charge in [0, 0.05) is 43.2 Å². The van der Waals surface area contributed by atoms with E-state index in [1.54, 1.807) is 18.9 Å². The van der Waals surface area contributed by atoms with Crippen molar-refractivity contribution in [2.45, 2.75) is 49.8 Å². The molecule has 27 heavy (non-hydrogen) atoms. The average Bonchev–Trinajstić information content (AvgIpc) is 2.95. The first-order valence-electron chi connectivity index (χ1n) is 10.5. The Morgan fingerprint density at radius 1 is 1.04 bits per heavy atom. The molecule has 1 saturated heterocycles. The number of amides is 1. The molecule has 0 atom stereocenters. The molecule has 150 valence electrons. The van der Waals surface area contributed by atoms with E-state index < -0.39 is 0 Å². The molecule has 0 spiro atoms. The highest BCUT2D eigenvalue weighted by Gasteiger charge is 2.22. The van der Waals surface area contributed by atoms with Gasteiger partial charge in [-0.05, 0) is 56.0 Å². The first-order chi connectivity index (χ1) is 13.2. The van der Waals surface area contributed by atoms with E-state index in [9.17, 15) is 4.79 Å². The first-order valence-corrected chi connectivity index (χ1v) is 11.5. The fraction of sp³-hybridized carbons (Fsp3) is 0.682. The Hall–Kier alpha value is -1.20. The van der Waals surface area contributed by atoms with Gasteiger partial charge in [0.1, 0.15) is 5.75 Å². The van der Waals surface area contributed by atoms with E-state index in [0.29, 0.717) is 12.3 Å². The van der Waals surface area contributed by atoms with Gasteiger partial charge in [0.05, 0.1) is 7.11 Å². The van der Waals surface area contributed by atoms with Gasteiger partial charge in [0.25, 0.3) is 0 Å². The predicted octanol–water partition coefficient (Wildman–Crippen LogP) is 4.29. The van der Waals surface area contributed by atoms with Crippen molar-refractivity contribution in [3.63, 3.8) is 0 Å². The number of carbonyl (C=O) groups is 1. The number of hydrogen-bond donors (Lipinski definition) is 0. The second-order valence-electron chi connectivity index (χ2n) is 7.81. The highest BCUT2D eigenvalue weighted by atomic mass is 32.2. The average molecular weight is 391 g/mol. The summed E-state index contributed by atoms with van der Waals surface area (Å²) >= 11 is 1.75. The highest BCUT2D eigenvalue weighted by molar-refractivity contribution is 7.99. The maximum absolute atomic E-state index is 12.6. The second-order valence-corrected chi connectivity index (χ2v) is 8.98. The zero-order valence-electron chi connectivity index (χ0n) is 16.7. The second kappa shape index (κ2) is 11.0. The summed E-state index contributed by atoms with van der Waals surface area (Å²) < 4.78 is 5.19. The van der Waals surface area contributed by atoms with Crippen LogP contribution in [0.15, 0.2) is 29.2 Å². The number of benzene rings is 1. The van der Waals surface area contributed by atoms with Crippen LogP contribution in [0.1, 0.15) is 44.9 Å². The topological polar surface area (TPSA) is 32.8 Å². The molecule has 2 aliphatic rings. The number of hydrogen-bond acceptors (Lipinski definition) is 4. The van der Waals surface area contributed by atoms with E-state index in [-0.39, 0.29) is 0 Å². The minimum Gasteiger partial charge on any atom is -0.497 e. The summed E-state index contributed by atoms with van der Waals surface area (Å²) in [5.41, 5.74) is 0. The normalized spacial score (nSPS) is 19.7. The Morgan fingerprint density at radius 3 is 2.56 bits per heavy atom. The van der Waals surface area contributed by atoms with Gasteiger partial charge >= 0.3 is 0 Å². The summed E-state index contributed by atoms with van der Waals surface area (Å²) in [6.45, 7) is 5.27. The number of methoxy groups -OCH3 is 1. The Morgan fingerprint density at radius 2 is 1.81 bits per heavy atom. The van der Waals surface area contributed by atoms with Crippen molar-refractivity contribution in [1.29, 1.82) is 0 Å². The molecular weight excluding hydrogens is 356 g/mol. The number of carbonyl (C=O) groups excluding carboxylic acids is 1. The minimum absolute atomic E-state index is 0.315. The lowest BCUT2D eigenvalue weighted by molar-refractivity contribution is -0.130. The molecule has 0 unspecified atom stereocenters. The van der Waals surface area contributed by atoms with Crippen LogP contribution in [0.5, 0.6) is 5.75 Å². The van der Waals surface area contributed by atoms with Crippen LogP contribution < -0.4 is 4.74 Å². The lowest BCUT2D eigenvalue weighted by Crippen LogP contribution is -2.37. The van der Waals surface area contributed by atoms with Crippen LogP contribution in [0.2, 0.25) is 0 Å². The summed E-state index contributed by atoms with van der Waals surface area (Å²) in [6.07, 6.45) is 8.80. The lowest BCUT2D eigenvalue weighted by atomic mass is 9.89. The van der Waals surface area contributed by atoms with Crippen molar-refractivity contribution in [3.05, 3.63) is 24.3 Å². The van der Waals surface area contributed by atoms with E-state index in [1.165, 1.54) is 43.5 Å². The van der Waals surface area contributed by atoms with Gasteiger partial charge in [-0.1, -0.05) is 19.3 Å². The monoisotopic (exact) mass is 390 g/mol. The number of ether oxygens (including phenoxy) is 1. The fourth-order valence-electron chi connectivity index (χ4n) is 4.22. The zero-order chi connectivity index (χ0) is 18.9. The molecule has 0 bridgehead atoms. The number of thioether (sulfide) groups is 1. The smallest absolute Gasteiger partial charge is 0.223 e. The van der Waals surface area contributed by atoms with Crippen LogP contribution in [0, 0.1) is 5.92 Å². The van der Waals surface area contributed by atoms with Crippen molar-refractivity contribution in [2.24, 2.45) is 5.92 Å². The summed E-state index contributed by atoms with van der Waals surface area (Å²) in [7, 11) is 1.68. The molecule has 1 saturated carbocycles. The fourth-order valence-corrected chi connectivity index (χ4v) is 5.06. The third kappa shape index (κ3) is 6.72. The molecular formula is C22H34N2O2S. The van der Waals surface area contributed by atoms with Gasteiger partial charge in [0.15, 0.2) is 0 Å². The van der Waals surface area contributed by atoms with Crippen molar-refractivity contribution in [1.82, 2.24) is 9.80 Å². The van der Waals surface area contributed by atoms with Crippen LogP contribution in [0.25, 0.3) is 0 Å². The van der Waals surface area contributed by atoms with E-state index in [2.05, 4.69) is 21.9 Å². The predicted molar refractivity (Wildman–Crippen MR) is 113 cm³/mol. The molecule has 3 rings (SSSR count). The summed E-state index contributed by atoms with van der Waals surface area (Å²) in [4.78, 5) is 18.5. The quantitative estimate of drug-likeness (QED) is 0.650. The molecule has 5 heteroatoms. The first kappa shape index (κ1) is 20.5. The molecule has 1 heterocycles. The highest BCUT2D eigenvalue weighted by Crippen LogP contribution is 2.25. The molecule has 0 aromatic heterocycles. The minimum atomic E-state index is 0.315. The SMILES string of the molecule is COc1ccc(SCCC(=O)N2CCCN(CC3CCCCC3)CC2)cc1. The van der Waals surface area contributed by atoms with Crippen molar-refractivity contribution < 1.29 is 9.53 Å². The molecule has 0 N–H and O–H groups in total. The van der Waals surface area contributed by atoms with Gasteiger partial charge in [-0.25, -0.2) is 0 Å². The molecule has 2 fully saturated rings. The Balaban J connectivity index is 1.36. The summed E-state index contributed by atoms with van der Waals surface area (Å²) in [5.74, 6) is 2.92. The lowest BCUT2D eigenvalue weighted by Gasteiger charge is -2.28. The number of rotatable bonds is 7. The Kier molecular flexibility index (Phi) is 8.34. The molecule has 1 aromatic carbocycles. The van der Waals surface area contributed by atoms with Crippen LogP contribution in [-0.2, 0) is 4.79 Å². The third-order valence-corrected chi connectivity index (χ3v) is 6.84. The van der Waals surface area contributed by atoms with E-state index >= 15 is 0 Å². The third-order valence-electron chi connectivity index (χ3n) is 5.83. The van der Waals surface area contributed by atoms with Crippen molar-refractivity contribution >= 4 is 17.7 Å². The molecule has 0 radical (unpaired) electrons. The van der Waals surface area contributed by atoms with Crippen LogP contribution in [-0.4, -0.2) is 61.3 Å². The molecule has 1 aliphatic carbocycles. The van der Waals surface area contributed by atoms with E-state index in [1.807, 2.05) is 12.1 Å². The summed E-state index contributed by atoms with van der Waals surface area (Å²) in [5, 5.41) is 0. The summed E-state index contributed by atoms with van der Waals surface area (Å²) in [6, 6.07) is 8.06. The van der Waals surface area contributed by atoms with Crippen molar-refractivity contribution in [2.75, 3.05) is 45.6 Å². The molecule has 1 aromatic rings. The molecule has 1 amide bonds. The van der Waals surface area contributed by atoms with Gasteiger partial charge in [-0.3, -0.25) is 4.79 Å². The Labute approximate surface area is 168 Å². The van der Waals surface area contributed by atoms with E-state index in [4.69, 9.17) is 4.74 Å². The van der Waals surface area contributed by atoms with Gasteiger partial charge < -0.3 is 14.5 Å². The van der Waals surface area contributed by atoms with Gasteiger partial charge in [0.2, 0.25) is 5.91 Å². The van der Waals surface area contributed by atoms with Crippen LogP contribution >= 0.6 is 11.8 Å². The van der Waals surface area contributed by atoms with Crippen molar-refractivity contribution in [3.8, 4) is 5.75 Å².